The van der Waals surface area contributed by atoms with Crippen LogP contribution in [0.25, 0.3) is 0 Å². The van der Waals surface area contributed by atoms with Crippen molar-refractivity contribution < 1.29 is 50.0 Å². The van der Waals surface area contributed by atoms with Gasteiger partial charge in [0.15, 0.2) is 5.78 Å². The molecule has 7 N–H and O–H groups in total. The summed E-state index contributed by atoms with van der Waals surface area (Å²) in [5, 5.41) is 71.8. The Morgan fingerprint density at radius 3 is 2.31 bits per heavy atom. The lowest BCUT2D eigenvalue weighted by atomic mass is 9.97. The molecule has 0 aliphatic carbocycles. The molecule has 2 saturated heterocycles. The number of nitrogens with zero attached hydrogens (tertiary/aromatic N) is 2. The zero-order valence-electron chi connectivity index (χ0n) is 21.7. The molecule has 0 amide bonds. The number of benzene rings is 2. The Bertz CT molecular complexity index is 1130. The van der Waals surface area contributed by atoms with Crippen LogP contribution in [0.4, 0.5) is 0 Å². The summed E-state index contributed by atoms with van der Waals surface area (Å²) in [6, 6.07) is 7.49. The number of Topliss-reactive ketones (excluding diaryl/α,β-unsaturated/α-hetero) is 1. The number of ketones is 1. The average molecular weight is 549 g/mol. The van der Waals surface area contributed by atoms with E-state index >= 15 is 0 Å². The molecule has 5 atom stereocenters. The topological polar surface area (TPSA) is 184 Å². The Morgan fingerprint density at radius 1 is 1.00 bits per heavy atom. The number of likely N-dealkylation sites (N-methyl/N-ethyl adjacent to an activating group) is 1. The van der Waals surface area contributed by atoms with Gasteiger partial charge in [-0.15, -0.1) is 0 Å². The minimum atomic E-state index is -1.75. The minimum absolute atomic E-state index is 0.0535. The number of aryl methyl sites for hydroxylation is 1. The standard InChI is InChI=1S/C27H36N2O10/c1-28-8-10-29(11-9-28)13-17-19(33)12-20(38-27-26(37)25(36)24(35)21(14-30)39-27)22(23(17)34)18(32)7-4-15-2-5-16(31)6-3-15/h2-3,5-6,12,21,24-27,30-31,33-37H,4,7-11,13-14H2,1H3/t21?,24-,25+,26-,27?/m1/s1. The lowest BCUT2D eigenvalue weighted by molar-refractivity contribution is -0.277. The van der Waals surface area contributed by atoms with E-state index in [1.54, 1.807) is 12.1 Å². The van der Waals surface area contributed by atoms with Gasteiger partial charge in [0, 0.05) is 45.2 Å². The van der Waals surface area contributed by atoms with Crippen molar-refractivity contribution in [2.45, 2.75) is 50.1 Å². The van der Waals surface area contributed by atoms with Crippen molar-refractivity contribution in [2.24, 2.45) is 0 Å². The van der Waals surface area contributed by atoms with Gasteiger partial charge in [-0.2, -0.15) is 0 Å². The molecule has 2 aliphatic rings. The van der Waals surface area contributed by atoms with Crippen LogP contribution in [0.5, 0.6) is 23.0 Å². The summed E-state index contributed by atoms with van der Waals surface area (Å²) in [5.74, 6) is -1.51. The number of carbonyl (C=O) groups excluding carboxylic acids is 1. The van der Waals surface area contributed by atoms with Gasteiger partial charge in [0.2, 0.25) is 6.29 Å². The van der Waals surface area contributed by atoms with Gasteiger partial charge in [0.25, 0.3) is 0 Å². The number of aliphatic hydroxyl groups is 4. The predicted molar refractivity (Wildman–Crippen MR) is 138 cm³/mol. The maximum Gasteiger partial charge on any atom is 0.229 e. The maximum atomic E-state index is 13.5. The smallest absolute Gasteiger partial charge is 0.229 e. The summed E-state index contributed by atoms with van der Waals surface area (Å²) in [4.78, 5) is 17.7. The fraction of sp³-hybridized carbons (Fsp3) is 0.519. The summed E-state index contributed by atoms with van der Waals surface area (Å²) >= 11 is 0. The van der Waals surface area contributed by atoms with Gasteiger partial charge in [-0.05, 0) is 31.2 Å². The van der Waals surface area contributed by atoms with Gasteiger partial charge in [-0.1, -0.05) is 12.1 Å². The molecule has 214 valence electrons. The highest BCUT2D eigenvalue weighted by Crippen LogP contribution is 2.41. The normalized spacial score (nSPS) is 26.4. The highest BCUT2D eigenvalue weighted by molar-refractivity contribution is 6.02. The minimum Gasteiger partial charge on any atom is -0.508 e. The highest BCUT2D eigenvalue weighted by Gasteiger charge is 2.45. The van der Waals surface area contributed by atoms with Gasteiger partial charge in [-0.25, -0.2) is 0 Å². The van der Waals surface area contributed by atoms with Crippen LogP contribution in [0.3, 0.4) is 0 Å². The van der Waals surface area contributed by atoms with Gasteiger partial charge >= 0.3 is 0 Å². The number of hydrogen-bond acceptors (Lipinski definition) is 12. The predicted octanol–water partition coefficient (Wildman–Crippen LogP) is -0.455. The van der Waals surface area contributed by atoms with E-state index in [2.05, 4.69) is 4.90 Å². The molecule has 0 spiro atoms. The molecule has 2 unspecified atom stereocenters. The first kappa shape index (κ1) is 29.0. The van der Waals surface area contributed by atoms with E-state index in [1.165, 1.54) is 12.1 Å². The molecular formula is C27H36N2O10. The van der Waals surface area contributed by atoms with Crippen molar-refractivity contribution in [3.63, 3.8) is 0 Å². The summed E-state index contributed by atoms with van der Waals surface area (Å²) < 4.78 is 11.1. The molecule has 0 radical (unpaired) electrons. The van der Waals surface area contributed by atoms with Crippen molar-refractivity contribution >= 4 is 5.78 Å². The Morgan fingerprint density at radius 2 is 1.67 bits per heavy atom. The molecule has 0 bridgehead atoms. The second kappa shape index (κ2) is 12.5. The fourth-order valence-electron chi connectivity index (χ4n) is 4.76. The van der Waals surface area contributed by atoms with Crippen LogP contribution in [-0.4, -0.2) is 122 Å². The average Bonchev–Trinajstić information content (AvgIpc) is 2.92. The molecule has 2 aromatic carbocycles. The lowest BCUT2D eigenvalue weighted by Crippen LogP contribution is -2.60. The number of aromatic hydroxyl groups is 3. The largest absolute Gasteiger partial charge is 0.508 e. The van der Waals surface area contributed by atoms with Crippen molar-refractivity contribution in [3.05, 3.63) is 47.0 Å². The van der Waals surface area contributed by atoms with Gasteiger partial charge < -0.3 is 50.1 Å². The first-order chi connectivity index (χ1) is 18.6. The summed E-state index contributed by atoms with van der Waals surface area (Å²) in [6.45, 7) is 2.51. The van der Waals surface area contributed by atoms with E-state index in [1.807, 2.05) is 11.9 Å². The highest BCUT2D eigenvalue weighted by atomic mass is 16.7. The van der Waals surface area contributed by atoms with Crippen LogP contribution in [0.2, 0.25) is 0 Å². The summed E-state index contributed by atoms with van der Waals surface area (Å²) in [5.41, 5.74) is 0.690. The molecule has 12 nitrogen and oxygen atoms in total. The van der Waals surface area contributed by atoms with E-state index in [-0.39, 0.29) is 47.8 Å². The molecule has 0 aromatic heterocycles. The van der Waals surface area contributed by atoms with Crippen LogP contribution in [0, 0.1) is 0 Å². The van der Waals surface area contributed by atoms with Crippen LogP contribution in [-0.2, 0) is 17.7 Å². The Hall–Kier alpha value is -2.97. The fourth-order valence-corrected chi connectivity index (χ4v) is 4.76. The third-order valence-corrected chi connectivity index (χ3v) is 7.27. The monoisotopic (exact) mass is 548 g/mol. The van der Waals surface area contributed by atoms with E-state index < -0.39 is 48.8 Å². The molecule has 0 saturated carbocycles. The van der Waals surface area contributed by atoms with Gasteiger partial charge in [0.05, 0.1) is 12.2 Å². The number of ether oxygens (including phenoxy) is 2. The SMILES string of the molecule is CN1CCN(Cc2c(O)cc(OC3OC(CO)[C@@H](O)[C@H](O)[C@H]3O)c(C(=O)CCc3ccc(O)cc3)c2O)CC1. The van der Waals surface area contributed by atoms with Crippen molar-refractivity contribution in [1.82, 2.24) is 9.80 Å². The molecule has 2 aromatic rings. The summed E-state index contributed by atoms with van der Waals surface area (Å²) in [7, 11) is 2.00. The molecule has 2 heterocycles. The van der Waals surface area contributed by atoms with Gasteiger partial charge in [0.1, 0.15) is 53.0 Å². The maximum absolute atomic E-state index is 13.5. The van der Waals surface area contributed by atoms with Crippen LogP contribution < -0.4 is 4.74 Å². The van der Waals surface area contributed by atoms with E-state index in [0.717, 1.165) is 24.7 Å². The third-order valence-electron chi connectivity index (χ3n) is 7.27. The molecule has 12 heteroatoms. The lowest BCUT2D eigenvalue weighted by Gasteiger charge is -2.39. The van der Waals surface area contributed by atoms with E-state index in [0.29, 0.717) is 13.1 Å². The molecule has 4 rings (SSSR count). The number of phenolic OH excluding ortho intramolecular Hbond substituents is 3. The Labute approximate surface area is 225 Å². The van der Waals surface area contributed by atoms with E-state index in [9.17, 15) is 40.5 Å². The number of rotatable bonds is 9. The van der Waals surface area contributed by atoms with Crippen molar-refractivity contribution in [3.8, 4) is 23.0 Å². The number of phenols is 3. The first-order valence-electron chi connectivity index (χ1n) is 12.9. The molecule has 2 aliphatic heterocycles. The Balaban J connectivity index is 1.64. The second-order valence-corrected chi connectivity index (χ2v) is 10.1. The molecule has 39 heavy (non-hydrogen) atoms. The molecular weight excluding hydrogens is 512 g/mol. The number of carbonyl (C=O) groups is 1. The van der Waals surface area contributed by atoms with E-state index in [4.69, 9.17) is 9.47 Å². The van der Waals surface area contributed by atoms with Crippen LogP contribution in [0.1, 0.15) is 27.9 Å². The second-order valence-electron chi connectivity index (χ2n) is 10.1. The van der Waals surface area contributed by atoms with Crippen molar-refractivity contribution in [2.75, 3.05) is 39.8 Å². The number of aliphatic hydroxyl groups excluding tert-OH is 4. The number of hydrogen-bond donors (Lipinski definition) is 7. The number of piperazine rings is 1. The first-order valence-corrected chi connectivity index (χ1v) is 12.9. The zero-order chi connectivity index (χ0) is 28.3. The van der Waals surface area contributed by atoms with Crippen LogP contribution in [0.15, 0.2) is 30.3 Å². The molecule has 2 fully saturated rings. The zero-order valence-corrected chi connectivity index (χ0v) is 21.7. The quantitative estimate of drug-likeness (QED) is 0.201. The van der Waals surface area contributed by atoms with Gasteiger partial charge in [-0.3, -0.25) is 9.69 Å². The third kappa shape index (κ3) is 6.61. The van der Waals surface area contributed by atoms with Crippen LogP contribution >= 0.6 is 0 Å². The van der Waals surface area contributed by atoms with Crippen molar-refractivity contribution in [1.29, 1.82) is 0 Å². The Kier molecular flexibility index (Phi) is 9.28. The summed E-state index contributed by atoms with van der Waals surface area (Å²) in [6.07, 6.45) is -7.71.